The normalized spacial score (nSPS) is 12.6. The van der Waals surface area contributed by atoms with Crippen LogP contribution in [0.4, 0.5) is 17.1 Å². The Balaban J connectivity index is 1.52. The number of rotatable bonds is 4. The number of aromatic carboxylic acids is 1. The van der Waals surface area contributed by atoms with E-state index in [1.54, 1.807) is 30.3 Å². The number of aromatic hydroxyl groups is 1. The zero-order chi connectivity index (χ0) is 24.9. The van der Waals surface area contributed by atoms with Crippen LogP contribution in [0.25, 0.3) is 10.8 Å². The lowest BCUT2D eigenvalue weighted by molar-refractivity contribution is 0.0696. The van der Waals surface area contributed by atoms with Crippen molar-refractivity contribution in [3.63, 3.8) is 0 Å². The van der Waals surface area contributed by atoms with Gasteiger partial charge in [0, 0.05) is 33.2 Å². The molecule has 172 valence electrons. The molecule has 9 nitrogen and oxygen atoms in total. The van der Waals surface area contributed by atoms with E-state index < -0.39 is 23.7 Å². The second-order valence-electron chi connectivity index (χ2n) is 7.92. The van der Waals surface area contributed by atoms with Crippen molar-refractivity contribution in [1.29, 1.82) is 0 Å². The SMILES string of the molecule is Nc1ccc2c3c(cccc13)C(=O)N(c1cccc(C(=O)Nc3ccc(O)cc3C(=O)O)c1)C2=O. The Morgan fingerprint density at radius 2 is 1.57 bits per heavy atom. The maximum atomic E-state index is 13.3. The van der Waals surface area contributed by atoms with E-state index in [-0.39, 0.29) is 28.3 Å². The number of carboxylic acids is 1. The number of hydrogen-bond acceptors (Lipinski definition) is 6. The highest BCUT2D eigenvalue weighted by Crippen LogP contribution is 2.35. The monoisotopic (exact) mass is 467 g/mol. The van der Waals surface area contributed by atoms with E-state index in [1.807, 2.05) is 0 Å². The molecule has 1 aliphatic rings. The zero-order valence-corrected chi connectivity index (χ0v) is 18.0. The minimum absolute atomic E-state index is 0.0194. The molecule has 0 atom stereocenters. The Kier molecular flexibility index (Phi) is 4.95. The van der Waals surface area contributed by atoms with Crippen LogP contribution in [0.1, 0.15) is 41.4 Å². The number of nitrogens with two attached hydrogens (primary N) is 1. The van der Waals surface area contributed by atoms with Crippen molar-refractivity contribution in [3.05, 3.63) is 95.1 Å². The van der Waals surface area contributed by atoms with Crippen molar-refractivity contribution in [2.75, 3.05) is 16.0 Å². The fraction of sp³-hybridized carbons (Fsp3) is 0. The van der Waals surface area contributed by atoms with Crippen LogP contribution in [0, 0.1) is 0 Å². The van der Waals surface area contributed by atoms with Crippen molar-refractivity contribution in [2.45, 2.75) is 0 Å². The van der Waals surface area contributed by atoms with Crippen LogP contribution in [-0.2, 0) is 0 Å². The first-order valence-corrected chi connectivity index (χ1v) is 10.4. The first-order valence-electron chi connectivity index (χ1n) is 10.4. The van der Waals surface area contributed by atoms with Crippen LogP contribution in [0.15, 0.2) is 72.8 Å². The van der Waals surface area contributed by atoms with Gasteiger partial charge in [0.1, 0.15) is 5.75 Å². The number of benzene rings is 4. The van der Waals surface area contributed by atoms with Gasteiger partial charge in [0.25, 0.3) is 17.7 Å². The molecule has 0 aliphatic carbocycles. The number of nitrogens with zero attached hydrogens (tertiary/aromatic N) is 1. The van der Waals surface area contributed by atoms with E-state index in [0.29, 0.717) is 27.6 Å². The summed E-state index contributed by atoms with van der Waals surface area (Å²) in [6.45, 7) is 0. The lowest BCUT2D eigenvalue weighted by Gasteiger charge is -2.27. The first-order chi connectivity index (χ1) is 16.8. The molecule has 0 unspecified atom stereocenters. The Labute approximate surface area is 198 Å². The Morgan fingerprint density at radius 1 is 0.857 bits per heavy atom. The molecule has 1 heterocycles. The van der Waals surface area contributed by atoms with Crippen LogP contribution < -0.4 is 16.0 Å². The lowest BCUT2D eigenvalue weighted by atomic mass is 9.92. The molecule has 1 aliphatic heterocycles. The number of nitrogen functional groups attached to an aromatic ring is 1. The van der Waals surface area contributed by atoms with E-state index in [2.05, 4.69) is 5.32 Å². The van der Waals surface area contributed by atoms with Gasteiger partial charge in [-0.15, -0.1) is 0 Å². The number of phenols is 1. The molecule has 0 saturated carbocycles. The van der Waals surface area contributed by atoms with Crippen molar-refractivity contribution in [1.82, 2.24) is 0 Å². The van der Waals surface area contributed by atoms with Gasteiger partial charge in [-0.25, -0.2) is 9.69 Å². The summed E-state index contributed by atoms with van der Waals surface area (Å²) in [5.74, 6) is -3.36. The number of amides is 3. The number of nitrogens with one attached hydrogen (secondary N) is 1. The molecule has 0 spiro atoms. The minimum atomic E-state index is -1.33. The maximum absolute atomic E-state index is 13.3. The predicted octanol–water partition coefficient (Wildman–Crippen LogP) is 3.88. The minimum Gasteiger partial charge on any atom is -0.508 e. The summed E-state index contributed by atoms with van der Waals surface area (Å²) in [4.78, 5) is 52.0. The molecule has 0 bridgehead atoms. The molecule has 9 heteroatoms. The van der Waals surface area contributed by atoms with E-state index in [0.717, 1.165) is 11.0 Å². The summed E-state index contributed by atoms with van der Waals surface area (Å²) in [5, 5.41) is 22.5. The number of imide groups is 1. The predicted molar refractivity (Wildman–Crippen MR) is 129 cm³/mol. The van der Waals surface area contributed by atoms with Gasteiger partial charge < -0.3 is 21.3 Å². The molecular weight excluding hydrogens is 450 g/mol. The van der Waals surface area contributed by atoms with E-state index in [1.165, 1.54) is 36.4 Å². The number of hydrogen-bond donors (Lipinski definition) is 4. The third-order valence-electron chi connectivity index (χ3n) is 5.79. The second-order valence-corrected chi connectivity index (χ2v) is 7.92. The number of phenolic OH excluding ortho intramolecular Hbond substituents is 1. The largest absolute Gasteiger partial charge is 0.508 e. The van der Waals surface area contributed by atoms with Gasteiger partial charge in [0.05, 0.1) is 16.9 Å². The molecular formula is C26H17N3O6. The van der Waals surface area contributed by atoms with Crippen LogP contribution in [0.5, 0.6) is 5.75 Å². The van der Waals surface area contributed by atoms with Crippen molar-refractivity contribution < 1.29 is 29.4 Å². The van der Waals surface area contributed by atoms with E-state index in [9.17, 15) is 29.4 Å². The van der Waals surface area contributed by atoms with Gasteiger partial charge in [-0.3, -0.25) is 14.4 Å². The third-order valence-corrected chi connectivity index (χ3v) is 5.79. The molecule has 5 rings (SSSR count). The molecule has 0 aromatic heterocycles. The average molecular weight is 467 g/mol. The van der Waals surface area contributed by atoms with Gasteiger partial charge in [-0.05, 0) is 54.6 Å². The highest BCUT2D eigenvalue weighted by atomic mass is 16.4. The number of carbonyl (C=O) groups excluding carboxylic acids is 3. The number of carbonyl (C=O) groups is 4. The fourth-order valence-electron chi connectivity index (χ4n) is 4.15. The van der Waals surface area contributed by atoms with Gasteiger partial charge in [0.15, 0.2) is 0 Å². The molecule has 4 aromatic rings. The Hall–Kier alpha value is -5.18. The summed E-state index contributed by atoms with van der Waals surface area (Å²) >= 11 is 0. The van der Waals surface area contributed by atoms with Gasteiger partial charge in [-0.1, -0.05) is 18.2 Å². The summed E-state index contributed by atoms with van der Waals surface area (Å²) < 4.78 is 0. The standard InChI is InChI=1S/C26H17N3O6/c27-20-9-8-18-22-16(20)5-2-6-17(22)24(32)29(25(18)33)14-4-1-3-13(11-14)23(31)28-21-10-7-15(30)12-19(21)26(34)35/h1-12,30H,27H2,(H,28,31)(H,34,35). The molecule has 0 fully saturated rings. The smallest absolute Gasteiger partial charge is 0.337 e. The summed E-state index contributed by atoms with van der Waals surface area (Å²) in [6.07, 6.45) is 0. The molecule has 4 aromatic carbocycles. The van der Waals surface area contributed by atoms with Crippen molar-refractivity contribution in [2.24, 2.45) is 0 Å². The molecule has 5 N–H and O–H groups in total. The quantitative estimate of drug-likeness (QED) is 0.202. The van der Waals surface area contributed by atoms with Crippen molar-refractivity contribution in [3.8, 4) is 5.75 Å². The molecule has 35 heavy (non-hydrogen) atoms. The number of anilines is 3. The second kappa shape index (κ2) is 7.99. The molecule has 0 radical (unpaired) electrons. The summed E-state index contributed by atoms with van der Waals surface area (Å²) in [7, 11) is 0. The third kappa shape index (κ3) is 3.51. The molecule has 0 saturated heterocycles. The van der Waals surface area contributed by atoms with E-state index in [4.69, 9.17) is 5.73 Å². The van der Waals surface area contributed by atoms with Crippen LogP contribution in [0.2, 0.25) is 0 Å². The summed E-state index contributed by atoms with van der Waals surface area (Å²) in [6, 6.07) is 17.6. The van der Waals surface area contributed by atoms with Crippen LogP contribution in [-0.4, -0.2) is 33.9 Å². The van der Waals surface area contributed by atoms with Gasteiger partial charge >= 0.3 is 5.97 Å². The first kappa shape index (κ1) is 21.7. The Bertz CT molecular complexity index is 1570. The molecule has 3 amide bonds. The van der Waals surface area contributed by atoms with Crippen molar-refractivity contribution >= 4 is 51.5 Å². The number of carboxylic acid groups (broad SMARTS) is 1. The maximum Gasteiger partial charge on any atom is 0.337 e. The highest BCUT2D eigenvalue weighted by molar-refractivity contribution is 6.36. The zero-order valence-electron chi connectivity index (χ0n) is 18.0. The topological polar surface area (TPSA) is 150 Å². The van der Waals surface area contributed by atoms with Crippen LogP contribution in [0.3, 0.4) is 0 Å². The van der Waals surface area contributed by atoms with Gasteiger partial charge in [-0.2, -0.15) is 0 Å². The lowest BCUT2D eigenvalue weighted by Crippen LogP contribution is -2.40. The van der Waals surface area contributed by atoms with Gasteiger partial charge in [0.2, 0.25) is 0 Å². The Morgan fingerprint density at radius 3 is 2.31 bits per heavy atom. The van der Waals surface area contributed by atoms with Crippen LogP contribution >= 0.6 is 0 Å². The van der Waals surface area contributed by atoms with E-state index >= 15 is 0 Å². The summed E-state index contributed by atoms with van der Waals surface area (Å²) in [5.41, 5.74) is 7.07. The fourth-order valence-corrected chi connectivity index (χ4v) is 4.15. The highest BCUT2D eigenvalue weighted by Gasteiger charge is 2.34. The average Bonchev–Trinajstić information content (AvgIpc) is 2.84.